The van der Waals surface area contributed by atoms with Gasteiger partial charge in [-0.25, -0.2) is 9.67 Å². The quantitative estimate of drug-likeness (QED) is 0.662. The van der Waals surface area contributed by atoms with Crippen LogP contribution in [-0.4, -0.2) is 20.9 Å². The molecule has 3 aromatic rings. The molecule has 1 unspecified atom stereocenters. The molecule has 0 amide bonds. The largest absolute Gasteiger partial charge is 0.490 e. The molecule has 2 aromatic heterocycles. The smallest absolute Gasteiger partial charge is 0.153 e. The highest BCUT2D eigenvalue weighted by molar-refractivity contribution is 5.35. The maximum absolute atomic E-state index is 6.31. The molecule has 1 N–H and O–H groups in total. The van der Waals surface area contributed by atoms with Crippen LogP contribution < -0.4 is 10.1 Å². The summed E-state index contributed by atoms with van der Waals surface area (Å²) in [7, 11) is 0. The van der Waals surface area contributed by atoms with Gasteiger partial charge in [-0.2, -0.15) is 5.10 Å². The van der Waals surface area contributed by atoms with E-state index in [0.29, 0.717) is 12.1 Å². The fourth-order valence-corrected chi connectivity index (χ4v) is 4.63. The Bertz CT molecular complexity index is 947. The molecule has 1 saturated carbocycles. The summed E-state index contributed by atoms with van der Waals surface area (Å²) < 4.78 is 8.31. The van der Waals surface area contributed by atoms with Crippen molar-refractivity contribution in [1.29, 1.82) is 0 Å². The van der Waals surface area contributed by atoms with Gasteiger partial charge in [0.25, 0.3) is 0 Å². The lowest BCUT2D eigenvalue weighted by atomic mass is 9.92. The maximum atomic E-state index is 6.31. The average Bonchev–Trinajstić information content (AvgIpc) is 3.44. The van der Waals surface area contributed by atoms with E-state index < -0.39 is 0 Å². The van der Waals surface area contributed by atoms with Crippen LogP contribution in [0.3, 0.4) is 0 Å². The number of benzene rings is 1. The SMILES string of the molecule is c1ccc(-n2ncc3c2CCCC3NCc2ccccc2OC2CCCC2)nc1. The van der Waals surface area contributed by atoms with E-state index in [2.05, 4.69) is 39.7 Å². The average molecular weight is 389 g/mol. The number of para-hydroxylation sites is 1. The van der Waals surface area contributed by atoms with E-state index in [1.165, 1.54) is 42.5 Å². The molecule has 1 atom stereocenters. The summed E-state index contributed by atoms with van der Waals surface area (Å²) in [6.45, 7) is 0.807. The molecule has 5 rings (SSSR count). The van der Waals surface area contributed by atoms with Gasteiger partial charge in [-0.05, 0) is 63.1 Å². The van der Waals surface area contributed by atoms with Crippen LogP contribution in [0.25, 0.3) is 5.82 Å². The molecule has 2 heterocycles. The van der Waals surface area contributed by atoms with Crippen molar-refractivity contribution in [2.24, 2.45) is 0 Å². The minimum absolute atomic E-state index is 0.316. The van der Waals surface area contributed by atoms with Gasteiger partial charge >= 0.3 is 0 Å². The van der Waals surface area contributed by atoms with Crippen molar-refractivity contribution in [3.63, 3.8) is 0 Å². The van der Waals surface area contributed by atoms with Crippen molar-refractivity contribution in [3.8, 4) is 11.6 Å². The molecule has 29 heavy (non-hydrogen) atoms. The molecule has 1 fully saturated rings. The summed E-state index contributed by atoms with van der Waals surface area (Å²) >= 11 is 0. The number of hydrogen-bond acceptors (Lipinski definition) is 4. The number of pyridine rings is 1. The van der Waals surface area contributed by atoms with Gasteiger partial charge in [0, 0.05) is 29.9 Å². The highest BCUT2D eigenvalue weighted by Crippen LogP contribution is 2.32. The number of nitrogens with zero attached hydrogens (tertiary/aromatic N) is 3. The second-order valence-electron chi connectivity index (χ2n) is 8.10. The third kappa shape index (κ3) is 3.92. The second-order valence-corrected chi connectivity index (χ2v) is 8.10. The summed E-state index contributed by atoms with van der Waals surface area (Å²) in [6, 6.07) is 14.7. The second kappa shape index (κ2) is 8.37. The number of aromatic nitrogens is 3. The molecule has 0 saturated heterocycles. The van der Waals surface area contributed by atoms with Crippen LogP contribution in [0.2, 0.25) is 0 Å². The van der Waals surface area contributed by atoms with Crippen molar-refractivity contribution < 1.29 is 4.74 Å². The summed E-state index contributed by atoms with van der Waals surface area (Å²) in [6.07, 6.45) is 12.5. The lowest BCUT2D eigenvalue weighted by Gasteiger charge is -2.25. The van der Waals surface area contributed by atoms with Gasteiger partial charge in [-0.3, -0.25) is 0 Å². The van der Waals surface area contributed by atoms with Crippen molar-refractivity contribution in [1.82, 2.24) is 20.1 Å². The van der Waals surface area contributed by atoms with Gasteiger partial charge in [0.2, 0.25) is 0 Å². The molecule has 1 aromatic carbocycles. The number of fused-ring (bicyclic) bond motifs is 1. The van der Waals surface area contributed by atoms with Crippen LogP contribution in [0.15, 0.2) is 54.9 Å². The molecule has 5 heteroatoms. The van der Waals surface area contributed by atoms with Gasteiger partial charge in [0.15, 0.2) is 5.82 Å². The van der Waals surface area contributed by atoms with Crippen molar-refractivity contribution in [3.05, 3.63) is 71.7 Å². The number of nitrogens with one attached hydrogen (secondary N) is 1. The first-order valence-corrected chi connectivity index (χ1v) is 10.8. The van der Waals surface area contributed by atoms with E-state index >= 15 is 0 Å². The fourth-order valence-electron chi connectivity index (χ4n) is 4.63. The molecule has 0 aliphatic heterocycles. The van der Waals surface area contributed by atoms with Crippen molar-refractivity contribution in [2.45, 2.75) is 63.6 Å². The van der Waals surface area contributed by atoms with E-state index in [0.717, 1.165) is 37.4 Å². The van der Waals surface area contributed by atoms with E-state index in [9.17, 15) is 0 Å². The zero-order chi connectivity index (χ0) is 19.5. The van der Waals surface area contributed by atoms with Crippen LogP contribution in [0.5, 0.6) is 5.75 Å². The third-order valence-electron chi connectivity index (χ3n) is 6.16. The Labute approximate surface area is 172 Å². The van der Waals surface area contributed by atoms with Gasteiger partial charge in [-0.15, -0.1) is 0 Å². The molecule has 2 aliphatic carbocycles. The highest BCUT2D eigenvalue weighted by Gasteiger charge is 2.25. The number of ether oxygens (including phenoxy) is 1. The predicted octanol–water partition coefficient (Wildman–Crippen LogP) is 4.76. The fraction of sp³-hybridized carbons (Fsp3) is 0.417. The Morgan fingerprint density at radius 1 is 1.00 bits per heavy atom. The summed E-state index contributed by atoms with van der Waals surface area (Å²) in [5.74, 6) is 1.93. The van der Waals surface area contributed by atoms with Crippen LogP contribution in [0, 0.1) is 0 Å². The maximum Gasteiger partial charge on any atom is 0.153 e. The zero-order valence-electron chi connectivity index (χ0n) is 16.8. The van der Waals surface area contributed by atoms with Crippen LogP contribution >= 0.6 is 0 Å². The Morgan fingerprint density at radius 3 is 2.72 bits per heavy atom. The van der Waals surface area contributed by atoms with Gasteiger partial charge in [-0.1, -0.05) is 24.3 Å². The standard InChI is InChI=1S/C24H28N4O/c1-4-13-23(29-19-9-2-3-10-19)18(8-1)16-26-21-11-7-12-22-20(21)17-27-28(22)24-14-5-6-15-25-24/h1,4-6,8,13-15,17,19,21,26H,2-3,7,9-12,16H2. The van der Waals surface area contributed by atoms with Crippen molar-refractivity contribution in [2.75, 3.05) is 0 Å². The van der Waals surface area contributed by atoms with Gasteiger partial charge in [0.1, 0.15) is 5.75 Å². The molecule has 0 bridgehead atoms. The lowest BCUT2D eigenvalue weighted by Crippen LogP contribution is -2.25. The zero-order valence-corrected chi connectivity index (χ0v) is 16.8. The number of rotatable bonds is 6. The van der Waals surface area contributed by atoms with E-state index in [-0.39, 0.29) is 0 Å². The Morgan fingerprint density at radius 2 is 1.86 bits per heavy atom. The van der Waals surface area contributed by atoms with E-state index in [4.69, 9.17) is 4.74 Å². The van der Waals surface area contributed by atoms with Crippen LogP contribution in [0.4, 0.5) is 0 Å². The highest BCUT2D eigenvalue weighted by atomic mass is 16.5. The first-order valence-electron chi connectivity index (χ1n) is 10.8. The minimum atomic E-state index is 0.316. The van der Waals surface area contributed by atoms with E-state index in [1.54, 1.807) is 0 Å². The molecule has 150 valence electrons. The monoisotopic (exact) mass is 388 g/mol. The lowest BCUT2D eigenvalue weighted by molar-refractivity contribution is 0.207. The van der Waals surface area contributed by atoms with E-state index in [1.807, 2.05) is 35.3 Å². The normalized spacial score (nSPS) is 19.2. The molecule has 5 nitrogen and oxygen atoms in total. The van der Waals surface area contributed by atoms with Crippen LogP contribution in [0.1, 0.15) is 61.4 Å². The Balaban J connectivity index is 1.31. The molecular formula is C24H28N4O. The summed E-state index contributed by atoms with van der Waals surface area (Å²) in [5.41, 5.74) is 3.82. The Hall–Kier alpha value is -2.66. The topological polar surface area (TPSA) is 52.0 Å². The Kier molecular flexibility index (Phi) is 5.31. The van der Waals surface area contributed by atoms with Gasteiger partial charge < -0.3 is 10.1 Å². The molecule has 0 spiro atoms. The molecule has 2 aliphatic rings. The molecular weight excluding hydrogens is 360 g/mol. The summed E-state index contributed by atoms with van der Waals surface area (Å²) in [4.78, 5) is 4.47. The predicted molar refractivity (Wildman–Crippen MR) is 113 cm³/mol. The minimum Gasteiger partial charge on any atom is -0.490 e. The summed E-state index contributed by atoms with van der Waals surface area (Å²) in [5, 5.41) is 8.42. The molecule has 0 radical (unpaired) electrons. The number of hydrogen-bond donors (Lipinski definition) is 1. The first-order chi connectivity index (χ1) is 14.4. The van der Waals surface area contributed by atoms with Crippen LogP contribution in [-0.2, 0) is 13.0 Å². The third-order valence-corrected chi connectivity index (χ3v) is 6.16. The first kappa shape index (κ1) is 18.4. The van der Waals surface area contributed by atoms with Gasteiger partial charge in [0.05, 0.1) is 18.0 Å². The van der Waals surface area contributed by atoms with Crippen molar-refractivity contribution >= 4 is 0 Å².